The van der Waals surface area contributed by atoms with E-state index in [1.54, 1.807) is 0 Å². The second kappa shape index (κ2) is 5.34. The van der Waals surface area contributed by atoms with Crippen LogP contribution in [0.5, 0.6) is 0 Å². The van der Waals surface area contributed by atoms with Gasteiger partial charge in [-0.25, -0.2) is 4.79 Å². The molecule has 1 atom stereocenters. The lowest BCUT2D eigenvalue weighted by Crippen LogP contribution is -2.28. The molecule has 1 aromatic carbocycles. The molecule has 1 unspecified atom stereocenters. The number of hydrogen-bond donors (Lipinski definition) is 1. The van der Waals surface area contributed by atoms with E-state index in [9.17, 15) is 9.59 Å². The monoisotopic (exact) mass is 235 g/mol. The van der Waals surface area contributed by atoms with Crippen molar-refractivity contribution in [3.63, 3.8) is 0 Å². The molecule has 1 saturated heterocycles. The van der Waals surface area contributed by atoms with E-state index in [4.69, 9.17) is 4.74 Å². The highest BCUT2D eigenvalue weighted by Crippen LogP contribution is 2.09. The van der Waals surface area contributed by atoms with E-state index in [2.05, 4.69) is 10.1 Å². The predicted octanol–water partition coefficient (Wildman–Crippen LogP) is 1.23. The quantitative estimate of drug-likeness (QED) is 0.800. The third kappa shape index (κ3) is 3.48. The lowest BCUT2D eigenvalue weighted by atomic mass is 10.2. The predicted molar refractivity (Wildman–Crippen MR) is 59.1 cm³/mol. The first kappa shape index (κ1) is 11.4. The number of cyclic esters (lactones) is 1. The maximum Gasteiger partial charge on any atom is 0.407 e. The molecule has 0 aliphatic carbocycles. The highest BCUT2D eigenvalue weighted by Gasteiger charge is 2.26. The fourth-order valence-corrected chi connectivity index (χ4v) is 1.53. The van der Waals surface area contributed by atoms with Crippen molar-refractivity contribution in [3.05, 3.63) is 35.9 Å². The van der Waals surface area contributed by atoms with Crippen LogP contribution in [0, 0.1) is 0 Å². The van der Waals surface area contributed by atoms with E-state index in [1.165, 1.54) is 0 Å². The summed E-state index contributed by atoms with van der Waals surface area (Å²) in [4.78, 5) is 22.2. The largest absolute Gasteiger partial charge is 0.462 e. The first-order chi connectivity index (χ1) is 8.24. The van der Waals surface area contributed by atoms with Crippen LogP contribution in [0.1, 0.15) is 12.0 Å². The molecule has 90 valence electrons. The Balaban J connectivity index is 1.73. The van der Waals surface area contributed by atoms with Crippen molar-refractivity contribution in [2.45, 2.75) is 19.1 Å². The summed E-state index contributed by atoms with van der Waals surface area (Å²) in [5.74, 6) is -0.328. The number of benzene rings is 1. The Morgan fingerprint density at radius 1 is 1.41 bits per heavy atom. The van der Waals surface area contributed by atoms with Gasteiger partial charge in [0, 0.05) is 6.54 Å². The number of esters is 1. The van der Waals surface area contributed by atoms with Gasteiger partial charge in [-0.05, 0) is 5.56 Å². The molecule has 1 heterocycles. The zero-order chi connectivity index (χ0) is 12.1. The fraction of sp³-hybridized carbons (Fsp3) is 0.333. The van der Waals surface area contributed by atoms with E-state index >= 15 is 0 Å². The van der Waals surface area contributed by atoms with Crippen LogP contribution in [-0.2, 0) is 20.8 Å². The van der Waals surface area contributed by atoms with Gasteiger partial charge in [0.15, 0.2) is 0 Å². The summed E-state index contributed by atoms with van der Waals surface area (Å²) in [5.41, 5.74) is 0.989. The number of carbonyl (C=O) groups is 2. The van der Waals surface area contributed by atoms with E-state index in [1.807, 2.05) is 30.3 Å². The van der Waals surface area contributed by atoms with Gasteiger partial charge in [-0.15, -0.1) is 0 Å². The Labute approximate surface area is 98.7 Å². The van der Waals surface area contributed by atoms with Gasteiger partial charge in [-0.3, -0.25) is 4.79 Å². The molecule has 5 heteroatoms. The molecular weight excluding hydrogens is 222 g/mol. The second-order valence-electron chi connectivity index (χ2n) is 3.75. The molecule has 1 amide bonds. The smallest absolute Gasteiger partial charge is 0.407 e. The number of alkyl carbamates (subject to hydrolysis) is 1. The molecule has 1 aromatic rings. The molecule has 0 saturated carbocycles. The second-order valence-corrected chi connectivity index (χ2v) is 3.75. The summed E-state index contributed by atoms with van der Waals surface area (Å²) in [6.45, 7) is 0.554. The molecule has 1 aliphatic heterocycles. The van der Waals surface area contributed by atoms with Gasteiger partial charge in [-0.1, -0.05) is 30.3 Å². The molecule has 1 aliphatic rings. The molecule has 1 fully saturated rings. The minimum Gasteiger partial charge on any atom is -0.462 e. The molecule has 5 nitrogen and oxygen atoms in total. The van der Waals surface area contributed by atoms with Crippen LogP contribution in [-0.4, -0.2) is 24.8 Å². The Morgan fingerprint density at radius 2 is 2.18 bits per heavy atom. The van der Waals surface area contributed by atoms with Gasteiger partial charge in [-0.2, -0.15) is 0 Å². The maximum absolute atomic E-state index is 11.4. The minimum absolute atomic E-state index is 0.138. The van der Waals surface area contributed by atoms with Crippen LogP contribution >= 0.6 is 0 Å². The van der Waals surface area contributed by atoms with Crippen molar-refractivity contribution in [1.29, 1.82) is 0 Å². The Morgan fingerprint density at radius 3 is 2.82 bits per heavy atom. The van der Waals surface area contributed by atoms with Crippen LogP contribution in [0.3, 0.4) is 0 Å². The van der Waals surface area contributed by atoms with Gasteiger partial charge in [0.05, 0.1) is 6.42 Å². The summed E-state index contributed by atoms with van der Waals surface area (Å²) in [6.07, 6.45) is -0.853. The van der Waals surface area contributed by atoms with E-state index < -0.39 is 12.2 Å². The summed E-state index contributed by atoms with van der Waals surface area (Å²) in [6, 6.07) is 9.51. The van der Waals surface area contributed by atoms with Crippen molar-refractivity contribution < 1.29 is 19.1 Å². The average molecular weight is 235 g/mol. The van der Waals surface area contributed by atoms with Gasteiger partial charge >= 0.3 is 12.1 Å². The summed E-state index contributed by atoms with van der Waals surface area (Å²) in [5, 5.41) is 2.61. The van der Waals surface area contributed by atoms with Crippen molar-refractivity contribution in [2.24, 2.45) is 0 Å². The fourth-order valence-electron chi connectivity index (χ4n) is 1.53. The van der Waals surface area contributed by atoms with E-state index in [0.29, 0.717) is 6.54 Å². The zero-order valence-electron chi connectivity index (χ0n) is 9.22. The Kier molecular flexibility index (Phi) is 3.59. The van der Waals surface area contributed by atoms with Crippen LogP contribution in [0.2, 0.25) is 0 Å². The number of ether oxygens (including phenoxy) is 2. The van der Waals surface area contributed by atoms with Gasteiger partial charge in [0.25, 0.3) is 0 Å². The number of carbonyl (C=O) groups excluding carboxylic acids is 2. The highest BCUT2D eigenvalue weighted by molar-refractivity contribution is 5.73. The van der Waals surface area contributed by atoms with Crippen molar-refractivity contribution in [2.75, 3.05) is 6.61 Å². The molecule has 0 spiro atoms. The molecule has 0 aromatic heterocycles. The molecule has 0 bridgehead atoms. The number of amides is 1. The van der Waals surface area contributed by atoms with Gasteiger partial charge in [0.2, 0.25) is 0 Å². The molecule has 0 radical (unpaired) electrons. The summed E-state index contributed by atoms with van der Waals surface area (Å²) in [7, 11) is 0. The maximum atomic E-state index is 11.4. The van der Waals surface area contributed by atoms with Crippen molar-refractivity contribution >= 4 is 12.1 Å². The lowest BCUT2D eigenvalue weighted by Gasteiger charge is -2.10. The standard InChI is InChI=1S/C12H13NO4/c14-11-6-10(8-16-11)17-12(15)13-7-9-4-2-1-3-5-9/h1-5,10H,6-8H2,(H,13,15). The molecular formula is C12H13NO4. The minimum atomic E-state index is -0.530. The highest BCUT2D eigenvalue weighted by atomic mass is 16.6. The lowest BCUT2D eigenvalue weighted by molar-refractivity contribution is -0.137. The van der Waals surface area contributed by atoms with Gasteiger partial charge < -0.3 is 14.8 Å². The first-order valence-electron chi connectivity index (χ1n) is 5.38. The summed E-state index contributed by atoms with van der Waals surface area (Å²) >= 11 is 0. The van der Waals surface area contributed by atoms with Crippen LogP contribution in [0.15, 0.2) is 30.3 Å². The number of rotatable bonds is 3. The Hall–Kier alpha value is -2.04. The van der Waals surface area contributed by atoms with Crippen LogP contribution in [0.25, 0.3) is 0 Å². The third-order valence-corrected chi connectivity index (χ3v) is 2.38. The van der Waals surface area contributed by atoms with Crippen LogP contribution < -0.4 is 5.32 Å². The first-order valence-corrected chi connectivity index (χ1v) is 5.38. The average Bonchev–Trinajstić information content (AvgIpc) is 2.73. The summed E-state index contributed by atoms with van der Waals surface area (Å²) < 4.78 is 9.69. The SMILES string of the molecule is O=C1CC(OC(=O)NCc2ccccc2)CO1. The van der Waals surface area contributed by atoms with E-state index in [0.717, 1.165) is 5.56 Å². The zero-order valence-corrected chi connectivity index (χ0v) is 9.22. The number of hydrogen-bond acceptors (Lipinski definition) is 4. The molecule has 17 heavy (non-hydrogen) atoms. The molecule has 1 N–H and O–H groups in total. The van der Waals surface area contributed by atoms with Crippen LogP contribution in [0.4, 0.5) is 4.79 Å². The number of nitrogens with one attached hydrogen (secondary N) is 1. The molecule has 2 rings (SSSR count). The van der Waals surface area contributed by atoms with Crippen molar-refractivity contribution in [3.8, 4) is 0 Å². The normalized spacial score (nSPS) is 18.6. The Bertz CT molecular complexity index is 404. The van der Waals surface area contributed by atoms with E-state index in [-0.39, 0.29) is 19.0 Å². The topological polar surface area (TPSA) is 64.6 Å². The van der Waals surface area contributed by atoms with Crippen molar-refractivity contribution in [1.82, 2.24) is 5.32 Å². The third-order valence-electron chi connectivity index (χ3n) is 2.38. The van der Waals surface area contributed by atoms with Gasteiger partial charge in [0.1, 0.15) is 12.7 Å².